The number of hydrogen-bond acceptors (Lipinski definition) is 2. The second-order valence-electron chi connectivity index (χ2n) is 4.22. The average molecular weight is 233 g/mol. The van der Waals surface area contributed by atoms with Crippen LogP contribution < -0.4 is 11.1 Å². The van der Waals surface area contributed by atoms with E-state index < -0.39 is 0 Å². The quantitative estimate of drug-likeness (QED) is 0.471. The Bertz CT molecular complexity index is 415. The number of guanidine groups is 1. The van der Waals surface area contributed by atoms with Crippen LogP contribution in [0.3, 0.4) is 0 Å². The Hall–Kier alpha value is -1.55. The predicted octanol–water partition coefficient (Wildman–Crippen LogP) is 1.55. The molecule has 0 unspecified atom stereocenters. The van der Waals surface area contributed by atoms with Gasteiger partial charge in [-0.1, -0.05) is 6.07 Å². The normalized spacial score (nSPS) is 14.8. The number of nitrogens with one attached hydrogen (secondary N) is 1. The van der Waals surface area contributed by atoms with Crippen LogP contribution in [0.1, 0.15) is 17.5 Å². The van der Waals surface area contributed by atoms with Crippen LogP contribution in [0.15, 0.2) is 23.2 Å². The van der Waals surface area contributed by atoms with Crippen LogP contribution in [0.25, 0.3) is 0 Å². The van der Waals surface area contributed by atoms with E-state index in [1.807, 2.05) is 0 Å². The molecule has 0 amide bonds. The van der Waals surface area contributed by atoms with E-state index in [0.29, 0.717) is 19.1 Å². The Morgan fingerprint density at radius 1 is 1.41 bits per heavy atom. The first-order valence-electron chi connectivity index (χ1n) is 5.97. The van der Waals surface area contributed by atoms with Gasteiger partial charge in [0.05, 0.1) is 13.2 Å². The van der Waals surface area contributed by atoms with Crippen molar-refractivity contribution in [1.82, 2.24) is 0 Å². The third kappa shape index (κ3) is 3.20. The highest BCUT2D eigenvalue weighted by atomic mass is 16.5. The summed E-state index contributed by atoms with van der Waals surface area (Å²) >= 11 is 0. The van der Waals surface area contributed by atoms with Crippen molar-refractivity contribution in [2.24, 2.45) is 10.7 Å². The van der Waals surface area contributed by atoms with Gasteiger partial charge in [-0.05, 0) is 42.5 Å². The van der Waals surface area contributed by atoms with Crippen molar-refractivity contribution in [2.45, 2.75) is 19.3 Å². The first-order valence-corrected chi connectivity index (χ1v) is 5.97. The number of hydrogen-bond donors (Lipinski definition) is 2. The molecule has 0 saturated carbocycles. The van der Waals surface area contributed by atoms with Crippen molar-refractivity contribution in [3.8, 4) is 0 Å². The lowest BCUT2D eigenvalue weighted by Crippen LogP contribution is -2.23. The van der Waals surface area contributed by atoms with E-state index in [-0.39, 0.29) is 0 Å². The van der Waals surface area contributed by atoms with E-state index >= 15 is 0 Å². The molecule has 3 N–H and O–H groups in total. The van der Waals surface area contributed by atoms with Crippen LogP contribution in [-0.2, 0) is 17.6 Å². The van der Waals surface area contributed by atoms with Gasteiger partial charge in [0, 0.05) is 12.8 Å². The molecule has 0 atom stereocenters. The van der Waals surface area contributed by atoms with Gasteiger partial charge >= 0.3 is 0 Å². The molecule has 17 heavy (non-hydrogen) atoms. The molecule has 0 bridgehead atoms. The number of fused-ring (bicyclic) bond motifs is 1. The molecule has 0 fully saturated rings. The van der Waals surface area contributed by atoms with Crippen molar-refractivity contribution < 1.29 is 4.74 Å². The number of methoxy groups -OCH3 is 1. The molecule has 0 saturated heterocycles. The smallest absolute Gasteiger partial charge is 0.193 e. The second kappa shape index (κ2) is 5.68. The lowest BCUT2D eigenvalue weighted by Gasteiger charge is -2.07. The van der Waals surface area contributed by atoms with Crippen molar-refractivity contribution in [3.63, 3.8) is 0 Å². The molecule has 0 aliphatic heterocycles. The maximum absolute atomic E-state index is 5.78. The van der Waals surface area contributed by atoms with Gasteiger partial charge < -0.3 is 15.8 Å². The zero-order valence-corrected chi connectivity index (χ0v) is 10.2. The van der Waals surface area contributed by atoms with E-state index in [4.69, 9.17) is 10.5 Å². The SMILES string of the molecule is COCCN=C(N)Nc1ccc2c(c1)CCC2. The van der Waals surface area contributed by atoms with Crippen LogP contribution in [-0.4, -0.2) is 26.2 Å². The fraction of sp³-hybridized carbons (Fsp3) is 0.462. The number of anilines is 1. The Balaban J connectivity index is 1.96. The van der Waals surface area contributed by atoms with Gasteiger partial charge in [0.25, 0.3) is 0 Å². The summed E-state index contributed by atoms with van der Waals surface area (Å²) in [4.78, 5) is 4.16. The highest BCUT2D eigenvalue weighted by Crippen LogP contribution is 2.24. The van der Waals surface area contributed by atoms with E-state index in [0.717, 1.165) is 5.69 Å². The van der Waals surface area contributed by atoms with Crippen LogP contribution in [0.2, 0.25) is 0 Å². The first-order chi connectivity index (χ1) is 8.29. The molecule has 1 aromatic rings. The van der Waals surface area contributed by atoms with Crippen LogP contribution in [0, 0.1) is 0 Å². The Morgan fingerprint density at radius 3 is 3.06 bits per heavy atom. The summed E-state index contributed by atoms with van der Waals surface area (Å²) in [6.07, 6.45) is 3.63. The number of aryl methyl sites for hydroxylation is 2. The summed E-state index contributed by atoms with van der Waals surface area (Å²) in [5, 5.41) is 3.10. The number of rotatable bonds is 4. The lowest BCUT2D eigenvalue weighted by atomic mass is 10.1. The highest BCUT2D eigenvalue weighted by Gasteiger charge is 2.10. The van der Waals surface area contributed by atoms with Crippen LogP contribution >= 0.6 is 0 Å². The molecule has 1 aliphatic carbocycles. The molecule has 92 valence electrons. The predicted molar refractivity (Wildman–Crippen MR) is 70.5 cm³/mol. The lowest BCUT2D eigenvalue weighted by molar-refractivity contribution is 0.208. The van der Waals surface area contributed by atoms with Crippen molar-refractivity contribution >= 4 is 11.6 Å². The minimum Gasteiger partial charge on any atom is -0.383 e. The molecule has 0 aromatic heterocycles. The summed E-state index contributed by atoms with van der Waals surface area (Å²) in [5.41, 5.74) is 9.69. The fourth-order valence-corrected chi connectivity index (χ4v) is 2.09. The van der Waals surface area contributed by atoms with Gasteiger partial charge in [0.1, 0.15) is 0 Å². The number of benzene rings is 1. The maximum Gasteiger partial charge on any atom is 0.193 e. The largest absolute Gasteiger partial charge is 0.383 e. The monoisotopic (exact) mass is 233 g/mol. The highest BCUT2D eigenvalue weighted by molar-refractivity contribution is 5.92. The minimum absolute atomic E-state index is 0.444. The Morgan fingerprint density at radius 2 is 2.24 bits per heavy atom. The van der Waals surface area contributed by atoms with Crippen molar-refractivity contribution in [1.29, 1.82) is 0 Å². The van der Waals surface area contributed by atoms with E-state index in [2.05, 4.69) is 28.5 Å². The summed E-state index contributed by atoms with van der Waals surface area (Å²) < 4.78 is 4.91. The van der Waals surface area contributed by atoms with Crippen LogP contribution in [0.4, 0.5) is 5.69 Å². The second-order valence-corrected chi connectivity index (χ2v) is 4.22. The van der Waals surface area contributed by atoms with Gasteiger partial charge in [-0.3, -0.25) is 4.99 Å². The number of nitrogens with two attached hydrogens (primary N) is 1. The van der Waals surface area contributed by atoms with Crippen molar-refractivity contribution in [3.05, 3.63) is 29.3 Å². The molecule has 1 aliphatic rings. The molecular weight excluding hydrogens is 214 g/mol. The Kier molecular flexibility index (Phi) is 3.98. The topological polar surface area (TPSA) is 59.6 Å². The standard InChI is InChI=1S/C13H19N3O/c1-17-8-7-15-13(14)16-12-6-5-10-3-2-4-11(10)9-12/h5-6,9H,2-4,7-8H2,1H3,(H3,14,15,16). The van der Waals surface area contributed by atoms with Crippen LogP contribution in [0.5, 0.6) is 0 Å². The maximum atomic E-state index is 5.78. The molecule has 0 spiro atoms. The number of nitrogens with zero attached hydrogens (tertiary/aromatic N) is 1. The van der Waals surface area contributed by atoms with Gasteiger partial charge in [-0.15, -0.1) is 0 Å². The van der Waals surface area contributed by atoms with Gasteiger partial charge in [-0.25, -0.2) is 0 Å². The van der Waals surface area contributed by atoms with E-state index in [1.54, 1.807) is 7.11 Å². The average Bonchev–Trinajstić information content (AvgIpc) is 2.76. The number of aliphatic imine (C=N–C) groups is 1. The van der Waals surface area contributed by atoms with Gasteiger partial charge in [0.2, 0.25) is 0 Å². The third-order valence-electron chi connectivity index (χ3n) is 2.95. The fourth-order valence-electron chi connectivity index (χ4n) is 2.09. The molecule has 1 aromatic carbocycles. The van der Waals surface area contributed by atoms with E-state index in [9.17, 15) is 0 Å². The molecule has 4 heteroatoms. The molecule has 2 rings (SSSR count). The third-order valence-corrected chi connectivity index (χ3v) is 2.95. The number of ether oxygens (including phenoxy) is 1. The summed E-state index contributed by atoms with van der Waals surface area (Å²) in [6, 6.07) is 6.40. The zero-order valence-electron chi connectivity index (χ0n) is 10.2. The molecule has 0 heterocycles. The van der Waals surface area contributed by atoms with Gasteiger partial charge in [-0.2, -0.15) is 0 Å². The first kappa shape index (κ1) is 11.9. The zero-order chi connectivity index (χ0) is 12.1. The minimum atomic E-state index is 0.444. The van der Waals surface area contributed by atoms with Gasteiger partial charge in [0.15, 0.2) is 5.96 Å². The van der Waals surface area contributed by atoms with E-state index in [1.165, 1.54) is 30.4 Å². The Labute approximate surface area is 102 Å². The molecule has 4 nitrogen and oxygen atoms in total. The summed E-state index contributed by atoms with van der Waals surface area (Å²) in [5.74, 6) is 0.444. The molecule has 0 radical (unpaired) electrons. The molecular formula is C13H19N3O. The van der Waals surface area contributed by atoms with Crippen molar-refractivity contribution in [2.75, 3.05) is 25.6 Å². The summed E-state index contributed by atoms with van der Waals surface area (Å²) in [6.45, 7) is 1.17. The summed E-state index contributed by atoms with van der Waals surface area (Å²) in [7, 11) is 1.65.